The summed E-state index contributed by atoms with van der Waals surface area (Å²) in [6.07, 6.45) is 2.94. The highest BCUT2D eigenvalue weighted by atomic mass is 32.2. The summed E-state index contributed by atoms with van der Waals surface area (Å²) in [5.74, 6) is 1.78. The van der Waals surface area contributed by atoms with Gasteiger partial charge in [0.25, 0.3) is 0 Å². The van der Waals surface area contributed by atoms with E-state index in [-0.39, 0.29) is 0 Å². The van der Waals surface area contributed by atoms with Gasteiger partial charge in [-0.05, 0) is 18.4 Å². The van der Waals surface area contributed by atoms with Gasteiger partial charge in [0.1, 0.15) is 0 Å². The molecule has 1 nitrogen and oxygen atoms in total. The van der Waals surface area contributed by atoms with Gasteiger partial charge in [0, 0.05) is 5.75 Å². The van der Waals surface area contributed by atoms with Crippen molar-refractivity contribution in [2.75, 3.05) is 17.8 Å². The molecule has 0 heterocycles. The molecule has 0 unspecified atom stereocenters. The van der Waals surface area contributed by atoms with E-state index in [1.807, 2.05) is 13.2 Å². The van der Waals surface area contributed by atoms with Crippen LogP contribution in [0.4, 0.5) is 0 Å². The maximum Gasteiger partial charge on any atom is 0.000748 e. The van der Waals surface area contributed by atoms with Crippen LogP contribution in [0.15, 0.2) is 0 Å². The predicted octanol–water partition coefficient (Wildman–Crippen LogP) is 1.06. The Balaban J connectivity index is 3.55. The minimum absolute atomic E-state index is 0.862. The third-order valence-electron chi connectivity index (χ3n) is 1.37. The summed E-state index contributed by atoms with van der Waals surface area (Å²) in [5.41, 5.74) is 0. The molecule has 0 rings (SSSR count). The molecule has 0 aliphatic rings. The lowest BCUT2D eigenvalue weighted by Gasteiger charge is -2.13. The van der Waals surface area contributed by atoms with Crippen LogP contribution in [-0.4, -0.2) is 22.0 Å². The Labute approximate surface area is 52.9 Å². The van der Waals surface area contributed by atoms with Crippen molar-refractivity contribution < 1.29 is 4.21 Å². The number of hydrogen-bond donors (Lipinski definition) is 1. The lowest BCUT2D eigenvalue weighted by molar-refractivity contribution is 0.673. The van der Waals surface area contributed by atoms with Gasteiger partial charge >= 0.3 is 0 Å². The molecule has 0 aromatic rings. The predicted molar refractivity (Wildman–Crippen MR) is 41.2 cm³/mol. The van der Waals surface area contributed by atoms with Crippen molar-refractivity contribution in [2.24, 2.45) is 0 Å². The molecule has 0 N–H and O–H groups in total. The quantitative estimate of drug-likeness (QED) is 0.574. The molecule has 0 aliphatic heterocycles. The second-order valence-corrected chi connectivity index (χ2v) is 6.01. The highest BCUT2D eigenvalue weighted by molar-refractivity contribution is 8.02. The van der Waals surface area contributed by atoms with Gasteiger partial charge in [-0.15, -0.1) is 9.93 Å². The van der Waals surface area contributed by atoms with Gasteiger partial charge < -0.3 is 0 Å². The first-order valence-electron chi connectivity index (χ1n) is 3.18. The fourth-order valence-electron chi connectivity index (χ4n) is 0.631. The number of thiol groups is 1. The van der Waals surface area contributed by atoms with Crippen molar-refractivity contribution >= 4 is 9.93 Å². The summed E-state index contributed by atoms with van der Waals surface area (Å²) >= 11 is 0. The minimum atomic E-state index is -1.67. The van der Waals surface area contributed by atoms with Crippen molar-refractivity contribution in [3.8, 4) is 0 Å². The van der Waals surface area contributed by atoms with Crippen LogP contribution >= 0.6 is 0 Å². The Kier molecular flexibility index (Phi) is 3.29. The molecule has 0 aliphatic carbocycles. The van der Waals surface area contributed by atoms with E-state index in [9.17, 15) is 4.21 Å². The average Bonchev–Trinajstić information content (AvgIpc) is 1.67. The van der Waals surface area contributed by atoms with Gasteiger partial charge in [0.2, 0.25) is 0 Å². The van der Waals surface area contributed by atoms with Crippen LogP contribution in [0.2, 0.25) is 0 Å². The zero-order chi connectivity index (χ0) is 6.62. The summed E-state index contributed by atoms with van der Waals surface area (Å²) in [7, 11) is -1.67. The van der Waals surface area contributed by atoms with Crippen LogP contribution in [0.5, 0.6) is 0 Å². The molecule has 0 aromatic carbocycles. The molecule has 0 spiro atoms. The van der Waals surface area contributed by atoms with E-state index < -0.39 is 9.93 Å². The summed E-state index contributed by atoms with van der Waals surface area (Å²) in [4.78, 5) is 0. The fourth-order valence-corrected chi connectivity index (χ4v) is 1.89. The first-order chi connectivity index (χ1) is 3.62. The van der Waals surface area contributed by atoms with Crippen molar-refractivity contribution in [3.63, 3.8) is 0 Å². The van der Waals surface area contributed by atoms with E-state index >= 15 is 0 Å². The highest BCUT2D eigenvalue weighted by Gasteiger charge is 2.01. The van der Waals surface area contributed by atoms with Crippen molar-refractivity contribution in [2.45, 2.75) is 20.3 Å². The van der Waals surface area contributed by atoms with Crippen molar-refractivity contribution in [1.29, 1.82) is 0 Å². The molecule has 0 fully saturated rings. The van der Waals surface area contributed by atoms with Crippen LogP contribution in [0.1, 0.15) is 20.3 Å². The maximum atomic E-state index is 11.2. The molecule has 0 radical (unpaired) electrons. The molecule has 2 heteroatoms. The van der Waals surface area contributed by atoms with Gasteiger partial charge in [-0.25, -0.2) is 0 Å². The van der Waals surface area contributed by atoms with Gasteiger partial charge in [-0.3, -0.25) is 4.21 Å². The molecule has 0 aromatic heterocycles. The monoisotopic (exact) mass is 136 g/mol. The van der Waals surface area contributed by atoms with Crippen LogP contribution in [0, 0.1) is 0 Å². The summed E-state index contributed by atoms with van der Waals surface area (Å²) in [5, 5.41) is 0. The summed E-state index contributed by atoms with van der Waals surface area (Å²) in [6.45, 7) is 4.07. The Morgan fingerprint density at radius 3 is 2.00 bits per heavy atom. The average molecular weight is 136 g/mol. The van der Waals surface area contributed by atoms with Gasteiger partial charge in [0.05, 0.1) is 0 Å². The van der Waals surface area contributed by atoms with E-state index in [0.29, 0.717) is 0 Å². The summed E-state index contributed by atoms with van der Waals surface area (Å²) < 4.78 is 11.2. The Morgan fingerprint density at radius 1 is 1.38 bits per heavy atom. The Bertz CT molecular complexity index is 98.7. The zero-order valence-electron chi connectivity index (χ0n) is 5.98. The second-order valence-electron chi connectivity index (χ2n) is 2.34. The van der Waals surface area contributed by atoms with Crippen LogP contribution in [0.3, 0.4) is 0 Å². The van der Waals surface area contributed by atoms with Crippen LogP contribution in [-0.2, 0) is 9.93 Å². The molecule has 0 amide bonds. The molecule has 0 bridgehead atoms. The topological polar surface area (TPSA) is 17.1 Å². The maximum absolute atomic E-state index is 11.2. The van der Waals surface area contributed by atoms with E-state index in [1.54, 1.807) is 0 Å². The third kappa shape index (κ3) is 3.19. The number of rotatable bonds is 3. The first kappa shape index (κ1) is 8.15. The lowest BCUT2D eigenvalue weighted by Crippen LogP contribution is -2.15. The Morgan fingerprint density at radius 2 is 1.88 bits per heavy atom. The Hall–Kier alpha value is 0.150. The van der Waals surface area contributed by atoms with E-state index in [0.717, 1.165) is 17.9 Å². The first-order valence-corrected chi connectivity index (χ1v) is 5.70. The van der Waals surface area contributed by atoms with Gasteiger partial charge in [0.15, 0.2) is 0 Å². The lowest BCUT2D eigenvalue weighted by atomic mass is 10.6. The fraction of sp³-hybridized carbons (Fsp3) is 1.00. The second kappa shape index (κ2) is 3.23. The largest absolute Gasteiger partial charge is 0.285 e. The van der Waals surface area contributed by atoms with Gasteiger partial charge in [-0.1, -0.05) is 13.8 Å². The smallest absolute Gasteiger partial charge is 0.000748 e. The summed E-state index contributed by atoms with van der Waals surface area (Å²) in [6, 6.07) is 0. The molecular weight excluding hydrogens is 120 g/mol. The van der Waals surface area contributed by atoms with Crippen LogP contribution in [0.25, 0.3) is 0 Å². The third-order valence-corrected chi connectivity index (χ3v) is 4.10. The van der Waals surface area contributed by atoms with E-state index in [2.05, 4.69) is 6.92 Å². The highest BCUT2D eigenvalue weighted by Crippen LogP contribution is 1.99. The molecule has 0 saturated carbocycles. The molecule has 0 saturated heterocycles. The molecule has 52 valence electrons. The molecule has 0 atom stereocenters. The zero-order valence-corrected chi connectivity index (χ0v) is 6.87. The number of hydrogen-bond acceptors (Lipinski definition) is 1. The van der Waals surface area contributed by atoms with Gasteiger partial charge in [-0.2, -0.15) is 0 Å². The molecular formula is C6H16OS. The SMILES string of the molecule is CCC[SH](C)(=O)CC. The normalized spacial score (nSPS) is 13.9. The van der Waals surface area contributed by atoms with Crippen molar-refractivity contribution in [3.05, 3.63) is 0 Å². The van der Waals surface area contributed by atoms with E-state index in [4.69, 9.17) is 0 Å². The van der Waals surface area contributed by atoms with Crippen molar-refractivity contribution in [1.82, 2.24) is 0 Å². The molecule has 8 heavy (non-hydrogen) atoms. The standard InChI is InChI=1S/C6H16OS/c1-4-6-8(3,7)5-2/h8H,4-6H2,1-3H3. The van der Waals surface area contributed by atoms with Crippen LogP contribution < -0.4 is 0 Å². The van der Waals surface area contributed by atoms with E-state index in [1.165, 1.54) is 0 Å². The minimum Gasteiger partial charge on any atom is -0.285 e.